The van der Waals surface area contributed by atoms with E-state index in [0.29, 0.717) is 0 Å². The third-order valence-corrected chi connectivity index (χ3v) is 15.1. The molecule has 63 heavy (non-hydrogen) atoms. The fraction of sp³-hybridized carbons (Fsp3) is 0.129. The van der Waals surface area contributed by atoms with Gasteiger partial charge in [-0.25, -0.2) is 0 Å². The molecule has 0 N–H and O–H groups in total. The summed E-state index contributed by atoms with van der Waals surface area (Å²) < 4.78 is 0. The summed E-state index contributed by atoms with van der Waals surface area (Å²) in [4.78, 5) is 2.65. The molecule has 0 aromatic heterocycles. The first-order chi connectivity index (χ1) is 31.0. The van der Waals surface area contributed by atoms with Gasteiger partial charge >= 0.3 is 0 Å². The smallest absolute Gasteiger partial charge is 0.0722 e. The minimum absolute atomic E-state index is 0.136. The maximum absolute atomic E-state index is 2.65. The molecule has 1 unspecified atom stereocenters. The Morgan fingerprint density at radius 2 is 1.10 bits per heavy atom. The topological polar surface area (TPSA) is 3.24 Å². The van der Waals surface area contributed by atoms with E-state index in [4.69, 9.17) is 0 Å². The maximum Gasteiger partial charge on any atom is 0.0722 e. The summed E-state index contributed by atoms with van der Waals surface area (Å²) in [7, 11) is 0. The van der Waals surface area contributed by atoms with Gasteiger partial charge < -0.3 is 4.90 Å². The molecular weight excluding hydrogens is 759 g/mol. The van der Waals surface area contributed by atoms with Crippen molar-refractivity contribution in [1.82, 2.24) is 0 Å². The summed E-state index contributed by atoms with van der Waals surface area (Å²) in [5, 5.41) is 2.51. The lowest BCUT2D eigenvalue weighted by atomic mass is 9.68. The van der Waals surface area contributed by atoms with Gasteiger partial charge in [0, 0.05) is 28.3 Å². The average Bonchev–Trinajstić information content (AvgIpc) is 3.90. The van der Waals surface area contributed by atoms with Crippen molar-refractivity contribution in [2.45, 2.75) is 43.9 Å². The molecule has 0 saturated carbocycles. The van der Waals surface area contributed by atoms with Crippen LogP contribution in [0.2, 0.25) is 0 Å². The van der Waals surface area contributed by atoms with Crippen molar-refractivity contribution in [2.75, 3.05) is 4.90 Å². The van der Waals surface area contributed by atoms with Crippen molar-refractivity contribution in [1.29, 1.82) is 0 Å². The highest BCUT2D eigenvalue weighted by Gasteiger charge is 2.54. The zero-order valence-corrected chi connectivity index (χ0v) is 35.8. The van der Waals surface area contributed by atoms with Crippen molar-refractivity contribution in [2.24, 2.45) is 5.92 Å². The van der Waals surface area contributed by atoms with Crippen LogP contribution < -0.4 is 4.90 Å². The molecule has 1 atom stereocenters. The zero-order valence-electron chi connectivity index (χ0n) is 35.8. The Labute approximate surface area is 370 Å². The van der Waals surface area contributed by atoms with Crippen molar-refractivity contribution in [3.8, 4) is 33.4 Å². The van der Waals surface area contributed by atoms with Gasteiger partial charge in [0.25, 0.3) is 0 Å². The second kappa shape index (κ2) is 13.6. The highest BCUT2D eigenvalue weighted by Crippen LogP contribution is 2.65. The van der Waals surface area contributed by atoms with Crippen LogP contribution in [0.15, 0.2) is 223 Å². The molecule has 0 bridgehead atoms. The third-order valence-electron chi connectivity index (χ3n) is 15.1. The molecule has 8 aromatic rings. The highest BCUT2D eigenvalue weighted by atomic mass is 15.2. The van der Waals surface area contributed by atoms with Crippen molar-refractivity contribution in [3.63, 3.8) is 0 Å². The summed E-state index contributed by atoms with van der Waals surface area (Å²) in [6.07, 6.45) is 13.1. The highest BCUT2D eigenvalue weighted by molar-refractivity contribution is 6.05. The summed E-state index contributed by atoms with van der Waals surface area (Å²) >= 11 is 0. The first-order valence-corrected chi connectivity index (χ1v) is 22.8. The number of hydrogen-bond donors (Lipinski definition) is 0. The quantitative estimate of drug-likeness (QED) is 0.167. The van der Waals surface area contributed by atoms with Gasteiger partial charge in [0.1, 0.15) is 0 Å². The Morgan fingerprint density at radius 1 is 0.508 bits per heavy atom. The zero-order chi connectivity index (χ0) is 41.9. The monoisotopic (exact) mass is 805 g/mol. The van der Waals surface area contributed by atoms with E-state index in [2.05, 4.69) is 225 Å². The van der Waals surface area contributed by atoms with Gasteiger partial charge in [0.05, 0.1) is 11.1 Å². The van der Waals surface area contributed by atoms with Crippen LogP contribution in [-0.4, -0.2) is 0 Å². The Bertz CT molecular complexity index is 3300. The van der Waals surface area contributed by atoms with E-state index in [-0.39, 0.29) is 16.7 Å². The molecule has 0 aliphatic heterocycles. The van der Waals surface area contributed by atoms with E-state index in [1.54, 1.807) is 0 Å². The predicted octanol–water partition coefficient (Wildman–Crippen LogP) is 15.9. The van der Waals surface area contributed by atoms with Crippen LogP contribution in [0.4, 0.5) is 11.4 Å². The molecule has 0 radical (unpaired) electrons. The van der Waals surface area contributed by atoms with E-state index < -0.39 is 0 Å². The average molecular weight is 806 g/mol. The molecule has 0 fully saturated rings. The van der Waals surface area contributed by atoms with E-state index in [1.165, 1.54) is 111 Å². The molecule has 1 heteroatoms. The van der Waals surface area contributed by atoms with E-state index in [0.717, 1.165) is 19.3 Å². The first kappa shape index (κ1) is 36.4. The van der Waals surface area contributed by atoms with Crippen molar-refractivity contribution in [3.05, 3.63) is 257 Å². The Hall–Kier alpha value is -7.22. The summed E-state index contributed by atoms with van der Waals surface area (Å²) in [5.41, 5.74) is 23.8. The molecule has 8 aromatic carbocycles. The minimum Gasteiger partial charge on any atom is -0.310 e. The second-order valence-corrected chi connectivity index (χ2v) is 18.5. The molecule has 1 nitrogen and oxygen atoms in total. The minimum atomic E-state index is -0.369. The van der Waals surface area contributed by atoms with Crippen LogP contribution >= 0.6 is 0 Å². The van der Waals surface area contributed by atoms with Crippen LogP contribution in [0.1, 0.15) is 66.5 Å². The molecule has 0 saturated heterocycles. The maximum atomic E-state index is 2.65. The fourth-order valence-corrected chi connectivity index (χ4v) is 12.5. The molecule has 0 amide bonds. The van der Waals surface area contributed by atoms with Gasteiger partial charge in [-0.3, -0.25) is 0 Å². The third kappa shape index (κ3) is 5.00. The van der Waals surface area contributed by atoms with Crippen LogP contribution in [-0.2, 0) is 10.8 Å². The normalized spacial score (nSPS) is 18.0. The largest absolute Gasteiger partial charge is 0.310 e. The summed E-state index contributed by atoms with van der Waals surface area (Å²) in [6.45, 7) is 4.80. The van der Waals surface area contributed by atoms with Gasteiger partial charge in [0.15, 0.2) is 0 Å². The SMILES string of the molecule is CC1(C)c2ccccc2-c2ccc(N(C3=CCCC=C3C3CC=CC4=C3c3ccccc3C43c4ccccc4-c4ccccc43)c3ccc4ccccc4c3-c3ccccc3)cc21. The fourth-order valence-electron chi connectivity index (χ4n) is 12.5. The van der Waals surface area contributed by atoms with Gasteiger partial charge in [-0.1, -0.05) is 202 Å². The molecule has 300 valence electrons. The number of benzene rings is 8. The number of anilines is 2. The molecule has 0 heterocycles. The van der Waals surface area contributed by atoms with Crippen molar-refractivity contribution >= 4 is 27.7 Å². The Morgan fingerprint density at radius 3 is 1.84 bits per heavy atom. The number of rotatable bonds is 5. The number of hydrogen-bond acceptors (Lipinski definition) is 1. The molecule has 1 spiro atoms. The van der Waals surface area contributed by atoms with E-state index >= 15 is 0 Å². The van der Waals surface area contributed by atoms with E-state index in [1.807, 2.05) is 0 Å². The Kier molecular flexibility index (Phi) is 7.89. The van der Waals surface area contributed by atoms with Crippen molar-refractivity contribution < 1.29 is 0 Å². The second-order valence-electron chi connectivity index (χ2n) is 18.5. The summed E-state index contributed by atoms with van der Waals surface area (Å²) in [5.74, 6) is 0.162. The molecule has 13 rings (SSSR count). The number of allylic oxidation sites excluding steroid dienone is 7. The molecule has 5 aliphatic rings. The molecular formula is C62H47N. The van der Waals surface area contributed by atoms with Gasteiger partial charge in [-0.2, -0.15) is 0 Å². The van der Waals surface area contributed by atoms with Gasteiger partial charge in [-0.05, 0) is 126 Å². The number of fused-ring (bicyclic) bond motifs is 13. The number of nitrogens with zero attached hydrogens (tertiary/aromatic N) is 1. The van der Waals surface area contributed by atoms with Gasteiger partial charge in [-0.15, -0.1) is 0 Å². The van der Waals surface area contributed by atoms with Crippen LogP contribution in [0, 0.1) is 5.92 Å². The lowest BCUT2D eigenvalue weighted by Crippen LogP contribution is -2.28. The van der Waals surface area contributed by atoms with Crippen LogP contribution in [0.5, 0.6) is 0 Å². The first-order valence-electron chi connectivity index (χ1n) is 22.8. The lowest BCUT2D eigenvalue weighted by molar-refractivity contribution is 0.660. The van der Waals surface area contributed by atoms with Crippen LogP contribution in [0.3, 0.4) is 0 Å². The predicted molar refractivity (Wildman–Crippen MR) is 263 cm³/mol. The molecule has 5 aliphatic carbocycles. The van der Waals surface area contributed by atoms with Crippen LogP contribution in [0.25, 0.3) is 49.7 Å². The summed E-state index contributed by atoms with van der Waals surface area (Å²) in [6, 6.07) is 68.7. The van der Waals surface area contributed by atoms with E-state index in [9.17, 15) is 0 Å². The Balaban J connectivity index is 1.05. The standard InChI is InChI=1S/C62H47N/c1-61(2)51-29-13-8-23-44(51)47-37-36-42(39-56(47)61)63(58-38-35-40-19-6-7-22-43(40)59(58)41-20-4-3-5-21-41)57-34-17-12-26-48(57)49-28-18-33-55-60(49)50-27-11-16-32-54(50)62(55)52-30-14-9-24-45(52)46-25-10-15-31-53(46)62/h3-11,13-16,18-27,29-39,49H,12,17,28H2,1-2H3. The lowest BCUT2D eigenvalue weighted by Gasteiger charge is -2.38. The van der Waals surface area contributed by atoms with Gasteiger partial charge in [0.2, 0.25) is 0 Å².